The number of rotatable bonds is 5. The second kappa shape index (κ2) is 7.56. The zero-order valence-electron chi connectivity index (χ0n) is 16.2. The number of benzene rings is 2. The van der Waals surface area contributed by atoms with Crippen molar-refractivity contribution in [3.05, 3.63) is 52.7 Å². The highest BCUT2D eigenvalue weighted by molar-refractivity contribution is 6.38. The SMILES string of the molecule is CCNC(=O)c1ccc(-c2nc(Nc3ccc4[nH]ncc4c3Cl)n(C)n2)c(C)c1. The van der Waals surface area contributed by atoms with Crippen molar-refractivity contribution in [1.82, 2.24) is 30.3 Å². The summed E-state index contributed by atoms with van der Waals surface area (Å²) >= 11 is 6.49. The van der Waals surface area contributed by atoms with Crippen LogP contribution in [0.25, 0.3) is 22.3 Å². The van der Waals surface area contributed by atoms with Crippen molar-refractivity contribution in [2.45, 2.75) is 13.8 Å². The number of nitrogens with one attached hydrogen (secondary N) is 3. The lowest BCUT2D eigenvalue weighted by atomic mass is 10.0. The van der Waals surface area contributed by atoms with Crippen molar-refractivity contribution in [3.63, 3.8) is 0 Å². The van der Waals surface area contributed by atoms with Crippen molar-refractivity contribution in [1.29, 1.82) is 0 Å². The van der Waals surface area contributed by atoms with Gasteiger partial charge in [-0.3, -0.25) is 9.89 Å². The molecule has 8 nitrogen and oxygen atoms in total. The van der Waals surface area contributed by atoms with E-state index in [-0.39, 0.29) is 5.91 Å². The van der Waals surface area contributed by atoms with Crippen molar-refractivity contribution < 1.29 is 4.79 Å². The number of carbonyl (C=O) groups excluding carboxylic acids is 1. The van der Waals surface area contributed by atoms with E-state index in [1.54, 1.807) is 16.9 Å². The average molecular weight is 410 g/mol. The maximum absolute atomic E-state index is 12.0. The first-order valence-electron chi connectivity index (χ1n) is 9.16. The molecule has 9 heteroatoms. The van der Waals surface area contributed by atoms with Crippen LogP contribution >= 0.6 is 11.6 Å². The molecule has 0 unspecified atom stereocenters. The van der Waals surface area contributed by atoms with Crippen molar-refractivity contribution >= 4 is 40.0 Å². The largest absolute Gasteiger partial charge is 0.352 e. The number of anilines is 2. The highest BCUT2D eigenvalue weighted by Crippen LogP contribution is 2.32. The normalized spacial score (nSPS) is 11.0. The van der Waals surface area contributed by atoms with Gasteiger partial charge in [-0.1, -0.05) is 17.7 Å². The molecular formula is C20H20ClN7O. The van der Waals surface area contributed by atoms with Crippen molar-refractivity contribution in [3.8, 4) is 11.4 Å². The molecule has 2 aromatic heterocycles. The lowest BCUT2D eigenvalue weighted by Gasteiger charge is -2.07. The number of nitrogens with zero attached hydrogens (tertiary/aromatic N) is 4. The van der Waals surface area contributed by atoms with Gasteiger partial charge in [0, 0.05) is 30.1 Å². The van der Waals surface area contributed by atoms with Crippen LogP contribution < -0.4 is 10.6 Å². The molecule has 0 aliphatic heterocycles. The van der Waals surface area contributed by atoms with E-state index in [2.05, 4.69) is 30.9 Å². The molecule has 3 N–H and O–H groups in total. The fourth-order valence-corrected chi connectivity index (χ4v) is 3.39. The number of amides is 1. The lowest BCUT2D eigenvalue weighted by Crippen LogP contribution is -2.22. The molecule has 0 fully saturated rings. The summed E-state index contributed by atoms with van der Waals surface area (Å²) < 4.78 is 1.66. The topological polar surface area (TPSA) is 101 Å². The molecule has 1 amide bonds. The number of fused-ring (bicyclic) bond motifs is 1. The minimum absolute atomic E-state index is 0.0947. The predicted octanol–water partition coefficient (Wildman–Crippen LogP) is 3.81. The summed E-state index contributed by atoms with van der Waals surface area (Å²) in [6, 6.07) is 9.25. The molecule has 0 bridgehead atoms. The molecule has 0 aliphatic carbocycles. The third-order valence-corrected chi connectivity index (χ3v) is 5.04. The summed E-state index contributed by atoms with van der Waals surface area (Å²) in [5, 5.41) is 18.8. The van der Waals surface area contributed by atoms with Gasteiger partial charge in [-0.25, -0.2) is 4.68 Å². The van der Waals surface area contributed by atoms with Gasteiger partial charge in [-0.15, -0.1) is 5.10 Å². The van der Waals surface area contributed by atoms with Gasteiger partial charge in [0.25, 0.3) is 5.91 Å². The smallest absolute Gasteiger partial charge is 0.251 e. The molecule has 2 aromatic carbocycles. The molecule has 0 saturated carbocycles. The lowest BCUT2D eigenvalue weighted by molar-refractivity contribution is 0.0955. The van der Waals surface area contributed by atoms with E-state index < -0.39 is 0 Å². The van der Waals surface area contributed by atoms with E-state index >= 15 is 0 Å². The predicted molar refractivity (Wildman–Crippen MR) is 114 cm³/mol. The van der Waals surface area contributed by atoms with Gasteiger partial charge in [-0.05, 0) is 43.7 Å². The van der Waals surface area contributed by atoms with Gasteiger partial charge < -0.3 is 10.6 Å². The van der Waals surface area contributed by atoms with Gasteiger partial charge in [0.15, 0.2) is 5.82 Å². The van der Waals surface area contributed by atoms with Gasteiger partial charge in [0.1, 0.15) is 0 Å². The molecule has 0 atom stereocenters. The second-order valence-corrected chi connectivity index (χ2v) is 7.03. The first kappa shape index (κ1) is 18.9. The Morgan fingerprint density at radius 3 is 2.86 bits per heavy atom. The Hall–Kier alpha value is -3.39. The van der Waals surface area contributed by atoms with Crippen molar-refractivity contribution in [2.24, 2.45) is 7.05 Å². The number of hydrogen-bond acceptors (Lipinski definition) is 5. The molecule has 4 aromatic rings. The number of aromatic nitrogens is 5. The Balaban J connectivity index is 1.64. The number of H-pyrrole nitrogens is 1. The molecule has 4 rings (SSSR count). The highest BCUT2D eigenvalue weighted by atomic mass is 35.5. The third-order valence-electron chi connectivity index (χ3n) is 4.63. The van der Waals surface area contributed by atoms with Crippen LogP contribution in [0.15, 0.2) is 36.5 Å². The highest BCUT2D eigenvalue weighted by Gasteiger charge is 2.15. The zero-order chi connectivity index (χ0) is 20.5. The minimum atomic E-state index is -0.0947. The van der Waals surface area contributed by atoms with E-state index in [9.17, 15) is 4.79 Å². The van der Waals surface area contributed by atoms with Crippen LogP contribution in [-0.4, -0.2) is 37.4 Å². The first-order valence-corrected chi connectivity index (χ1v) is 9.54. The Kier molecular flexibility index (Phi) is 4.94. The van der Waals surface area contributed by atoms with E-state index in [4.69, 9.17) is 11.6 Å². The van der Waals surface area contributed by atoms with E-state index in [0.717, 1.165) is 22.0 Å². The number of aromatic amines is 1. The quantitative estimate of drug-likeness (QED) is 0.465. The number of hydrogen-bond donors (Lipinski definition) is 3. The Morgan fingerprint density at radius 1 is 1.28 bits per heavy atom. The van der Waals surface area contributed by atoms with Crippen molar-refractivity contribution in [2.75, 3.05) is 11.9 Å². The summed E-state index contributed by atoms with van der Waals surface area (Å²) in [4.78, 5) is 16.6. The maximum atomic E-state index is 12.0. The summed E-state index contributed by atoms with van der Waals surface area (Å²) in [7, 11) is 1.81. The first-order chi connectivity index (χ1) is 14.0. The Labute approximate surface area is 172 Å². The summed E-state index contributed by atoms with van der Waals surface area (Å²) in [5.74, 6) is 1.02. The fourth-order valence-electron chi connectivity index (χ4n) is 3.13. The molecule has 0 saturated heterocycles. The Morgan fingerprint density at radius 2 is 2.10 bits per heavy atom. The molecule has 0 spiro atoms. The summed E-state index contributed by atoms with van der Waals surface area (Å²) in [6.45, 7) is 4.41. The number of carbonyl (C=O) groups is 1. The molecule has 148 valence electrons. The molecule has 29 heavy (non-hydrogen) atoms. The van der Waals surface area contributed by atoms with Gasteiger partial charge in [-0.2, -0.15) is 10.1 Å². The standard InChI is InChI=1S/C20H20ClN7O/c1-4-22-19(29)12-5-6-13(11(2)9-12)18-25-20(28(3)27-18)24-16-8-7-15-14(17(16)21)10-23-26-15/h5-10H,4H2,1-3H3,(H,22,29)(H,23,26)(H,24,25,27). The van der Waals surface area contributed by atoms with Crippen LogP contribution in [0, 0.1) is 6.92 Å². The molecule has 0 aliphatic rings. The number of aryl methyl sites for hydroxylation is 2. The van der Waals surface area contributed by atoms with Crippen LogP contribution in [0.2, 0.25) is 5.02 Å². The monoisotopic (exact) mass is 409 g/mol. The summed E-state index contributed by atoms with van der Waals surface area (Å²) in [5.41, 5.74) is 3.97. The van der Waals surface area contributed by atoms with Crippen LogP contribution in [0.3, 0.4) is 0 Å². The third kappa shape index (κ3) is 3.54. The number of halogens is 1. The van der Waals surface area contributed by atoms with Crippen LogP contribution in [0.1, 0.15) is 22.8 Å². The van der Waals surface area contributed by atoms with E-state index in [1.807, 2.05) is 45.2 Å². The minimum Gasteiger partial charge on any atom is -0.352 e. The average Bonchev–Trinajstić information content (AvgIpc) is 3.31. The van der Waals surface area contributed by atoms with Crippen LogP contribution in [0.5, 0.6) is 0 Å². The second-order valence-electron chi connectivity index (χ2n) is 6.66. The molecule has 2 heterocycles. The van der Waals surface area contributed by atoms with Gasteiger partial charge in [0.2, 0.25) is 5.95 Å². The van der Waals surface area contributed by atoms with E-state index in [1.165, 1.54) is 0 Å². The molecule has 0 radical (unpaired) electrons. The van der Waals surface area contributed by atoms with E-state index in [0.29, 0.717) is 34.6 Å². The Bertz CT molecular complexity index is 1210. The molecular weight excluding hydrogens is 390 g/mol. The zero-order valence-corrected chi connectivity index (χ0v) is 17.0. The van der Waals surface area contributed by atoms with Crippen LogP contribution in [-0.2, 0) is 7.05 Å². The van der Waals surface area contributed by atoms with Crippen LogP contribution in [0.4, 0.5) is 11.6 Å². The maximum Gasteiger partial charge on any atom is 0.251 e. The fraction of sp³-hybridized carbons (Fsp3) is 0.200. The van der Waals surface area contributed by atoms with Gasteiger partial charge in [0.05, 0.1) is 22.4 Å². The summed E-state index contributed by atoms with van der Waals surface area (Å²) in [6.07, 6.45) is 1.69. The van der Waals surface area contributed by atoms with Gasteiger partial charge >= 0.3 is 0 Å².